The molecule has 9 nitrogen and oxygen atoms in total. The molecule has 0 aromatic heterocycles. The Morgan fingerprint density at radius 2 is 1.70 bits per heavy atom. The van der Waals surface area contributed by atoms with E-state index in [4.69, 9.17) is 24.7 Å². The third-order valence-corrected chi connectivity index (χ3v) is 7.66. The van der Waals surface area contributed by atoms with Crippen molar-refractivity contribution in [1.82, 2.24) is 4.90 Å². The van der Waals surface area contributed by atoms with Crippen molar-refractivity contribution >= 4 is 17.7 Å². The minimum absolute atomic E-state index is 0.0822. The zero-order valence-electron chi connectivity index (χ0n) is 21.1. The molecular formula is C28H32N2O7. The third kappa shape index (κ3) is 4.69. The molecule has 2 aromatic carbocycles. The molecule has 2 saturated heterocycles. The summed E-state index contributed by atoms with van der Waals surface area (Å²) in [6.45, 7) is 2.54. The predicted octanol–water partition coefficient (Wildman–Crippen LogP) is 2.80. The van der Waals surface area contributed by atoms with E-state index in [-0.39, 0.29) is 18.8 Å². The Bertz CT molecular complexity index is 1190. The molecule has 9 heteroatoms. The van der Waals surface area contributed by atoms with Gasteiger partial charge in [0.15, 0.2) is 17.6 Å². The molecule has 2 heterocycles. The van der Waals surface area contributed by atoms with Gasteiger partial charge in [0, 0.05) is 24.1 Å². The van der Waals surface area contributed by atoms with E-state index in [1.165, 1.54) is 19.8 Å². The van der Waals surface area contributed by atoms with Crippen molar-refractivity contribution in [1.29, 1.82) is 0 Å². The smallest absolute Gasteiger partial charge is 0.324 e. The maximum absolute atomic E-state index is 14.0. The Balaban J connectivity index is 1.44. The molecule has 2 aliphatic heterocycles. The van der Waals surface area contributed by atoms with E-state index in [2.05, 4.69) is 17.0 Å². The Labute approximate surface area is 215 Å². The number of esters is 2. The van der Waals surface area contributed by atoms with Gasteiger partial charge < -0.3 is 24.7 Å². The second-order valence-electron chi connectivity index (χ2n) is 10.0. The Hall–Kier alpha value is -3.43. The van der Waals surface area contributed by atoms with Gasteiger partial charge in [-0.05, 0) is 49.5 Å². The first-order valence-electron chi connectivity index (χ1n) is 12.6. The number of hydrogen-bond acceptors (Lipinski definition) is 9. The zero-order valence-corrected chi connectivity index (χ0v) is 21.1. The van der Waals surface area contributed by atoms with Crippen LogP contribution in [0, 0.1) is 5.92 Å². The van der Waals surface area contributed by atoms with Gasteiger partial charge in [-0.15, -0.1) is 0 Å². The number of carbonyl (C=O) groups is 3. The molecule has 37 heavy (non-hydrogen) atoms. The van der Waals surface area contributed by atoms with E-state index in [9.17, 15) is 14.4 Å². The summed E-state index contributed by atoms with van der Waals surface area (Å²) in [7, 11) is 2.96. The molecular weight excluding hydrogens is 476 g/mol. The molecule has 0 radical (unpaired) electrons. The van der Waals surface area contributed by atoms with E-state index >= 15 is 0 Å². The number of ether oxygens (including phenoxy) is 4. The maximum Gasteiger partial charge on any atom is 0.324 e. The average Bonchev–Trinajstić information content (AvgIpc) is 3.10. The van der Waals surface area contributed by atoms with Gasteiger partial charge in [0.1, 0.15) is 6.04 Å². The van der Waals surface area contributed by atoms with Crippen molar-refractivity contribution in [3.05, 3.63) is 59.2 Å². The van der Waals surface area contributed by atoms with Gasteiger partial charge in [0.05, 0.1) is 20.6 Å². The number of piperidine rings is 1. The summed E-state index contributed by atoms with van der Waals surface area (Å²) in [5.41, 5.74) is 6.22. The molecule has 1 aliphatic carbocycles. The largest absolute Gasteiger partial charge is 0.493 e. The van der Waals surface area contributed by atoms with E-state index in [1.54, 1.807) is 12.1 Å². The number of fused-ring (bicyclic) bond motifs is 3. The van der Waals surface area contributed by atoms with Crippen LogP contribution >= 0.6 is 0 Å². The zero-order chi connectivity index (χ0) is 26.2. The Kier molecular flexibility index (Phi) is 6.92. The van der Waals surface area contributed by atoms with Gasteiger partial charge in [0.25, 0.3) is 0 Å². The van der Waals surface area contributed by atoms with E-state index in [0.29, 0.717) is 22.6 Å². The van der Waals surface area contributed by atoms with Gasteiger partial charge in [-0.2, -0.15) is 0 Å². The van der Waals surface area contributed by atoms with Gasteiger partial charge in [-0.3, -0.25) is 19.3 Å². The highest BCUT2D eigenvalue weighted by molar-refractivity contribution is 6.10. The quantitative estimate of drug-likeness (QED) is 0.588. The number of methoxy groups -OCH3 is 2. The second kappa shape index (κ2) is 10.1. The van der Waals surface area contributed by atoms with Crippen LogP contribution in [0.2, 0.25) is 0 Å². The lowest BCUT2D eigenvalue weighted by Crippen LogP contribution is -2.53. The Morgan fingerprint density at radius 3 is 2.38 bits per heavy atom. The number of hydrogen-bond donors (Lipinski definition) is 1. The fourth-order valence-electron chi connectivity index (χ4n) is 5.72. The normalized spacial score (nSPS) is 26.4. The van der Waals surface area contributed by atoms with Crippen LogP contribution in [0.3, 0.4) is 0 Å². The monoisotopic (exact) mass is 508 g/mol. The summed E-state index contributed by atoms with van der Waals surface area (Å²) in [5.74, 6) is -0.994. The molecule has 0 bridgehead atoms. The van der Waals surface area contributed by atoms with Gasteiger partial charge in [-0.1, -0.05) is 30.3 Å². The van der Waals surface area contributed by atoms with Crippen molar-refractivity contribution in [2.24, 2.45) is 11.7 Å². The molecule has 3 aliphatic rings. The van der Waals surface area contributed by atoms with Crippen molar-refractivity contribution in [2.75, 3.05) is 27.3 Å². The van der Waals surface area contributed by atoms with Gasteiger partial charge in [-0.25, -0.2) is 0 Å². The highest BCUT2D eigenvalue weighted by atomic mass is 16.6. The number of nitrogens with two attached hydrogens (primary N) is 1. The van der Waals surface area contributed by atoms with Crippen LogP contribution in [-0.2, 0) is 25.6 Å². The van der Waals surface area contributed by atoms with E-state index < -0.39 is 35.5 Å². The molecule has 0 amide bonds. The van der Waals surface area contributed by atoms with Crippen molar-refractivity contribution in [3.8, 4) is 11.5 Å². The average molecular weight is 509 g/mol. The SMILES string of the molecule is COc1cc2c(cc1OC)C1OC(=O)CC(N)C(=O)OC1(CC1CCN(Cc3ccccc3)CC1)C2=O. The van der Waals surface area contributed by atoms with Gasteiger partial charge >= 0.3 is 11.9 Å². The van der Waals surface area contributed by atoms with Crippen LogP contribution in [-0.4, -0.2) is 61.6 Å². The fraction of sp³-hybridized carbons (Fsp3) is 0.464. The standard InChI is InChI=1S/C28H32N2O7/c1-34-22-12-19-20(13-23(22)35-2)26-28(25(19)32,37-27(33)21(29)14-24(31)36-26)15-17-8-10-30(11-9-17)16-18-6-4-3-5-7-18/h3-7,12-13,17,21,26H,8-11,14-16,29H2,1-2H3. The summed E-state index contributed by atoms with van der Waals surface area (Å²) in [5, 5.41) is 0. The van der Waals surface area contributed by atoms with Gasteiger partial charge in [0.2, 0.25) is 11.4 Å². The van der Waals surface area contributed by atoms with Crippen LogP contribution < -0.4 is 15.2 Å². The van der Waals surface area contributed by atoms with Crippen molar-refractivity contribution in [2.45, 2.75) is 50.0 Å². The fourth-order valence-corrected chi connectivity index (χ4v) is 5.72. The van der Waals surface area contributed by atoms with Crippen LogP contribution in [0.25, 0.3) is 0 Å². The maximum atomic E-state index is 14.0. The number of likely N-dealkylation sites (tertiary alicyclic amines) is 1. The number of Topliss-reactive ketones (excluding diaryl/α,β-unsaturated/α-hetero) is 1. The number of carbonyl (C=O) groups excluding carboxylic acids is 3. The lowest BCUT2D eigenvalue weighted by molar-refractivity contribution is -0.189. The van der Waals surface area contributed by atoms with E-state index in [0.717, 1.165) is 32.5 Å². The molecule has 2 N–H and O–H groups in total. The molecule has 0 spiro atoms. The van der Waals surface area contributed by atoms with Crippen molar-refractivity contribution in [3.63, 3.8) is 0 Å². The predicted molar refractivity (Wildman–Crippen MR) is 133 cm³/mol. The summed E-state index contributed by atoms with van der Waals surface area (Å²) >= 11 is 0. The van der Waals surface area contributed by atoms with Crippen molar-refractivity contribution < 1.29 is 33.3 Å². The number of rotatable bonds is 6. The second-order valence-corrected chi connectivity index (χ2v) is 10.0. The first-order valence-corrected chi connectivity index (χ1v) is 12.6. The number of nitrogens with zero attached hydrogens (tertiary/aromatic N) is 1. The molecule has 3 atom stereocenters. The summed E-state index contributed by atoms with van der Waals surface area (Å²) < 4.78 is 22.6. The highest BCUT2D eigenvalue weighted by Crippen LogP contribution is 2.52. The molecule has 0 saturated carbocycles. The van der Waals surface area contributed by atoms with Crippen LogP contribution in [0.5, 0.6) is 11.5 Å². The molecule has 5 rings (SSSR count). The molecule has 2 aromatic rings. The first-order chi connectivity index (χ1) is 17.8. The summed E-state index contributed by atoms with van der Waals surface area (Å²) in [4.78, 5) is 42.0. The minimum Gasteiger partial charge on any atom is -0.493 e. The molecule has 196 valence electrons. The Morgan fingerprint density at radius 1 is 1.03 bits per heavy atom. The van der Waals surface area contributed by atoms with E-state index in [1.807, 2.05) is 18.2 Å². The molecule has 2 fully saturated rings. The van der Waals surface area contributed by atoms with Crippen LogP contribution in [0.15, 0.2) is 42.5 Å². The highest BCUT2D eigenvalue weighted by Gasteiger charge is 2.61. The lowest BCUT2D eigenvalue weighted by atomic mass is 9.80. The third-order valence-electron chi connectivity index (χ3n) is 7.66. The topological polar surface area (TPSA) is 117 Å². The number of ketones is 1. The molecule has 3 unspecified atom stereocenters. The summed E-state index contributed by atoms with van der Waals surface area (Å²) in [6, 6.07) is 12.3. The summed E-state index contributed by atoms with van der Waals surface area (Å²) in [6.07, 6.45) is 0.464. The first kappa shape index (κ1) is 25.2. The van der Waals surface area contributed by atoms with Crippen LogP contribution in [0.1, 0.15) is 53.3 Å². The lowest BCUT2D eigenvalue weighted by Gasteiger charge is -2.40. The minimum atomic E-state index is -1.68. The van der Waals surface area contributed by atoms with Crippen LogP contribution in [0.4, 0.5) is 0 Å². The number of benzene rings is 2.